The summed E-state index contributed by atoms with van der Waals surface area (Å²) in [7, 11) is 0. The summed E-state index contributed by atoms with van der Waals surface area (Å²) in [5.74, 6) is 0.251. The Bertz CT molecular complexity index is 753. The van der Waals surface area contributed by atoms with Crippen LogP contribution in [-0.2, 0) is 5.41 Å². The van der Waals surface area contributed by atoms with Crippen LogP contribution < -0.4 is 0 Å². The second-order valence-corrected chi connectivity index (χ2v) is 5.80. The van der Waals surface area contributed by atoms with Crippen molar-refractivity contribution < 1.29 is 14.2 Å². The van der Waals surface area contributed by atoms with Gasteiger partial charge in [0.2, 0.25) is 0 Å². The SMILES string of the molecule is CC(C)(C)c1onc2c1C(=O)c1cc([N+](=O)[O-])ccc1-2. The Hall–Kier alpha value is -2.50. The number of hydrogen-bond acceptors (Lipinski definition) is 5. The van der Waals surface area contributed by atoms with E-state index in [-0.39, 0.29) is 16.9 Å². The van der Waals surface area contributed by atoms with Crippen LogP contribution in [0.1, 0.15) is 42.5 Å². The molecular weight excluding hydrogens is 260 g/mol. The minimum absolute atomic E-state index is 0.100. The van der Waals surface area contributed by atoms with Crippen molar-refractivity contribution in [2.75, 3.05) is 0 Å². The van der Waals surface area contributed by atoms with Crippen LogP contribution in [0.25, 0.3) is 11.3 Å². The molecule has 20 heavy (non-hydrogen) atoms. The third-order valence-electron chi connectivity index (χ3n) is 3.31. The maximum Gasteiger partial charge on any atom is 0.270 e. The molecule has 3 rings (SSSR count). The second-order valence-electron chi connectivity index (χ2n) is 5.80. The van der Waals surface area contributed by atoms with E-state index in [1.54, 1.807) is 6.07 Å². The summed E-state index contributed by atoms with van der Waals surface area (Å²) in [6.45, 7) is 5.77. The fraction of sp³-hybridized carbons (Fsp3) is 0.286. The number of nitro benzene ring substituents is 1. The summed E-state index contributed by atoms with van der Waals surface area (Å²) >= 11 is 0. The van der Waals surface area contributed by atoms with Crippen molar-refractivity contribution in [2.24, 2.45) is 0 Å². The molecule has 0 amide bonds. The molecule has 2 aromatic rings. The first-order valence-electron chi connectivity index (χ1n) is 6.14. The fourth-order valence-electron chi connectivity index (χ4n) is 2.37. The Morgan fingerprint density at radius 1 is 1.25 bits per heavy atom. The van der Waals surface area contributed by atoms with E-state index in [0.29, 0.717) is 28.1 Å². The van der Waals surface area contributed by atoms with Gasteiger partial charge in [0.15, 0.2) is 11.5 Å². The Balaban J connectivity index is 2.22. The first-order valence-corrected chi connectivity index (χ1v) is 6.14. The summed E-state index contributed by atoms with van der Waals surface area (Å²) < 4.78 is 5.30. The van der Waals surface area contributed by atoms with Gasteiger partial charge in [-0.2, -0.15) is 0 Å². The van der Waals surface area contributed by atoms with Crippen molar-refractivity contribution in [1.82, 2.24) is 5.16 Å². The summed E-state index contributed by atoms with van der Waals surface area (Å²) in [5, 5.41) is 14.8. The number of fused-ring (bicyclic) bond motifs is 3. The van der Waals surface area contributed by atoms with E-state index in [2.05, 4.69) is 5.16 Å². The van der Waals surface area contributed by atoms with E-state index < -0.39 is 4.92 Å². The van der Waals surface area contributed by atoms with Gasteiger partial charge < -0.3 is 4.52 Å². The summed E-state index contributed by atoms with van der Waals surface area (Å²) in [6, 6.07) is 4.21. The van der Waals surface area contributed by atoms with Crippen molar-refractivity contribution in [1.29, 1.82) is 0 Å². The number of carbonyl (C=O) groups is 1. The lowest BCUT2D eigenvalue weighted by molar-refractivity contribution is -0.384. The average Bonchev–Trinajstić information content (AvgIpc) is 2.90. The number of nitrogens with zero attached hydrogens (tertiary/aromatic N) is 2. The van der Waals surface area contributed by atoms with E-state index in [1.165, 1.54) is 12.1 Å². The van der Waals surface area contributed by atoms with Crippen LogP contribution in [0.4, 0.5) is 5.69 Å². The van der Waals surface area contributed by atoms with E-state index in [1.807, 2.05) is 20.8 Å². The number of hydrogen-bond donors (Lipinski definition) is 0. The van der Waals surface area contributed by atoms with Crippen molar-refractivity contribution in [3.8, 4) is 11.3 Å². The van der Waals surface area contributed by atoms with Crippen LogP contribution in [0.3, 0.4) is 0 Å². The molecule has 0 radical (unpaired) electrons. The highest BCUT2D eigenvalue weighted by atomic mass is 16.6. The predicted octanol–water partition coefficient (Wildman–Crippen LogP) is 3.09. The molecule has 0 fully saturated rings. The monoisotopic (exact) mass is 272 g/mol. The number of aromatic nitrogens is 1. The zero-order valence-electron chi connectivity index (χ0n) is 11.3. The number of nitro groups is 1. The van der Waals surface area contributed by atoms with Gasteiger partial charge >= 0.3 is 0 Å². The Labute approximate surface area is 114 Å². The lowest BCUT2D eigenvalue weighted by atomic mass is 9.89. The van der Waals surface area contributed by atoms with Gasteiger partial charge in [0.05, 0.1) is 10.5 Å². The minimum atomic E-state index is -0.515. The van der Waals surface area contributed by atoms with Gasteiger partial charge in [0.25, 0.3) is 5.69 Å². The number of carbonyl (C=O) groups excluding carboxylic acids is 1. The predicted molar refractivity (Wildman–Crippen MR) is 70.7 cm³/mol. The van der Waals surface area contributed by atoms with Gasteiger partial charge in [0.1, 0.15) is 5.69 Å². The summed E-state index contributed by atoms with van der Waals surface area (Å²) in [5.41, 5.74) is 1.35. The Morgan fingerprint density at radius 3 is 2.55 bits per heavy atom. The molecule has 1 aromatic heterocycles. The molecule has 0 bridgehead atoms. The normalized spacial score (nSPS) is 13.2. The van der Waals surface area contributed by atoms with E-state index in [4.69, 9.17) is 4.52 Å². The molecule has 1 heterocycles. The summed E-state index contributed by atoms with van der Waals surface area (Å²) in [4.78, 5) is 22.8. The molecule has 0 saturated heterocycles. The van der Waals surface area contributed by atoms with Gasteiger partial charge in [-0.25, -0.2) is 0 Å². The molecule has 0 atom stereocenters. The van der Waals surface area contributed by atoms with Gasteiger partial charge in [-0.1, -0.05) is 25.9 Å². The van der Waals surface area contributed by atoms with Crippen LogP contribution in [-0.4, -0.2) is 15.9 Å². The second kappa shape index (κ2) is 3.75. The number of benzene rings is 1. The topological polar surface area (TPSA) is 86.2 Å². The molecule has 0 saturated carbocycles. The first kappa shape index (κ1) is 12.5. The van der Waals surface area contributed by atoms with E-state index in [0.717, 1.165) is 0 Å². The zero-order valence-corrected chi connectivity index (χ0v) is 11.3. The maximum absolute atomic E-state index is 12.5. The third-order valence-corrected chi connectivity index (χ3v) is 3.31. The first-order chi connectivity index (χ1) is 9.30. The lowest BCUT2D eigenvalue weighted by Gasteiger charge is -2.14. The van der Waals surface area contributed by atoms with Gasteiger partial charge in [-0.05, 0) is 6.07 Å². The van der Waals surface area contributed by atoms with Crippen molar-refractivity contribution in [2.45, 2.75) is 26.2 Å². The van der Waals surface area contributed by atoms with Crippen molar-refractivity contribution in [3.63, 3.8) is 0 Å². The highest BCUT2D eigenvalue weighted by molar-refractivity contribution is 6.21. The summed E-state index contributed by atoms with van der Waals surface area (Å²) in [6.07, 6.45) is 0. The third kappa shape index (κ3) is 1.57. The number of ketones is 1. The quantitative estimate of drug-likeness (QED) is 0.502. The standard InChI is InChI=1S/C14H12N2O4/c1-14(2,3)13-10-11(15-20-13)8-5-4-7(16(18)19)6-9(8)12(10)17/h4-6H,1-3H3. The molecule has 1 aromatic carbocycles. The van der Waals surface area contributed by atoms with Crippen LogP contribution in [0.2, 0.25) is 0 Å². The highest BCUT2D eigenvalue weighted by Crippen LogP contribution is 2.42. The molecular formula is C14H12N2O4. The zero-order chi connectivity index (χ0) is 14.7. The average molecular weight is 272 g/mol. The van der Waals surface area contributed by atoms with Gasteiger partial charge in [-0.15, -0.1) is 0 Å². The van der Waals surface area contributed by atoms with Gasteiger partial charge in [0, 0.05) is 28.7 Å². The molecule has 1 aliphatic rings. The minimum Gasteiger partial charge on any atom is -0.359 e. The van der Waals surface area contributed by atoms with Crippen LogP contribution >= 0.6 is 0 Å². The van der Waals surface area contributed by atoms with Crippen LogP contribution in [0, 0.1) is 10.1 Å². The molecule has 6 nitrogen and oxygen atoms in total. The van der Waals surface area contributed by atoms with Crippen molar-refractivity contribution >= 4 is 11.5 Å². The molecule has 0 aliphatic heterocycles. The molecule has 102 valence electrons. The molecule has 0 N–H and O–H groups in total. The molecule has 0 spiro atoms. The molecule has 1 aliphatic carbocycles. The van der Waals surface area contributed by atoms with Crippen LogP contribution in [0.5, 0.6) is 0 Å². The molecule has 0 unspecified atom stereocenters. The maximum atomic E-state index is 12.5. The van der Waals surface area contributed by atoms with Crippen LogP contribution in [0.15, 0.2) is 22.7 Å². The van der Waals surface area contributed by atoms with E-state index >= 15 is 0 Å². The van der Waals surface area contributed by atoms with Gasteiger partial charge in [-0.3, -0.25) is 14.9 Å². The van der Waals surface area contributed by atoms with E-state index in [9.17, 15) is 14.9 Å². The molecule has 6 heteroatoms. The number of rotatable bonds is 1. The largest absolute Gasteiger partial charge is 0.359 e. The smallest absolute Gasteiger partial charge is 0.270 e. The Morgan fingerprint density at radius 2 is 1.95 bits per heavy atom. The highest BCUT2D eigenvalue weighted by Gasteiger charge is 2.38. The van der Waals surface area contributed by atoms with Crippen molar-refractivity contribution in [3.05, 3.63) is 45.2 Å². The lowest BCUT2D eigenvalue weighted by Crippen LogP contribution is -2.14. The Kier molecular flexibility index (Phi) is 2.35. The fourth-order valence-corrected chi connectivity index (χ4v) is 2.37. The number of non-ortho nitro benzene ring substituents is 1.